The van der Waals surface area contributed by atoms with E-state index in [0.29, 0.717) is 35.7 Å². The van der Waals surface area contributed by atoms with Crippen molar-refractivity contribution in [3.63, 3.8) is 0 Å². The number of hydrogen-bond donors (Lipinski definition) is 1. The van der Waals surface area contributed by atoms with Crippen LogP contribution in [0.25, 0.3) is 10.9 Å². The van der Waals surface area contributed by atoms with Gasteiger partial charge in [0.2, 0.25) is 0 Å². The van der Waals surface area contributed by atoms with Gasteiger partial charge in [0, 0.05) is 31.6 Å². The second-order valence-electron chi connectivity index (χ2n) is 14.0. The van der Waals surface area contributed by atoms with Crippen LogP contribution in [0.5, 0.6) is 0 Å². The number of nitrogens with one attached hydrogen (secondary N) is 1. The Morgan fingerprint density at radius 2 is 1.91 bits per heavy atom. The number of nitrogens with zero attached hydrogens (tertiary/aromatic N) is 6. The summed E-state index contributed by atoms with van der Waals surface area (Å²) in [7, 11) is 0. The van der Waals surface area contributed by atoms with Crippen LogP contribution in [-0.4, -0.2) is 74.8 Å². The molecule has 1 aromatic carbocycles. The van der Waals surface area contributed by atoms with Gasteiger partial charge in [-0.2, -0.15) is 10.2 Å². The first-order valence-corrected chi connectivity index (χ1v) is 16.7. The number of halogens is 1. The summed E-state index contributed by atoms with van der Waals surface area (Å²) in [6.07, 6.45) is 9.03. The average molecular weight is 636 g/mol. The monoisotopic (exact) mass is 635 g/mol. The maximum absolute atomic E-state index is 14.9. The van der Waals surface area contributed by atoms with Crippen molar-refractivity contribution in [2.75, 3.05) is 31.1 Å². The molecule has 2 unspecified atom stereocenters. The number of carbonyl (C=O) groups excluding carboxylic acids is 2. The normalized spacial score (nSPS) is 21.5. The number of ether oxygens (including phenoxy) is 2. The summed E-state index contributed by atoms with van der Waals surface area (Å²) in [5.74, 6) is 0.481. The number of aromatic nitrogens is 4. The zero-order valence-corrected chi connectivity index (χ0v) is 27.4. The fraction of sp³-hybridized carbons (Fsp3) is 0.618. The molecule has 3 atom stereocenters. The Morgan fingerprint density at radius 1 is 1.09 bits per heavy atom. The largest absolute Gasteiger partial charge is 0.444 e. The van der Waals surface area contributed by atoms with E-state index >= 15 is 0 Å². The first kappa shape index (κ1) is 32.2. The molecule has 2 aliphatic heterocycles. The third kappa shape index (κ3) is 7.11. The van der Waals surface area contributed by atoms with Crippen LogP contribution in [0.1, 0.15) is 107 Å². The molecular weight excluding hydrogens is 589 g/mol. The summed E-state index contributed by atoms with van der Waals surface area (Å²) in [5, 5.41) is 16.8. The minimum absolute atomic E-state index is 0.0328. The molecule has 0 bridgehead atoms. The second-order valence-corrected chi connectivity index (χ2v) is 14.0. The third-order valence-corrected chi connectivity index (χ3v) is 9.31. The van der Waals surface area contributed by atoms with Crippen molar-refractivity contribution in [3.8, 4) is 0 Å². The summed E-state index contributed by atoms with van der Waals surface area (Å²) in [4.78, 5) is 30.8. The van der Waals surface area contributed by atoms with Crippen molar-refractivity contribution in [2.45, 2.75) is 103 Å². The maximum atomic E-state index is 14.9. The fourth-order valence-electron chi connectivity index (χ4n) is 6.60. The minimum atomic E-state index is -0.550. The Balaban J connectivity index is 1.12. The minimum Gasteiger partial charge on any atom is -0.444 e. The number of carbonyl (C=O) groups is 2. The molecule has 1 N–H and O–H groups in total. The molecule has 2 amide bonds. The number of anilines is 1. The quantitative estimate of drug-likeness (QED) is 0.313. The number of piperidine rings is 1. The van der Waals surface area contributed by atoms with Crippen LogP contribution in [0.4, 0.5) is 15.0 Å². The van der Waals surface area contributed by atoms with Gasteiger partial charge in [-0.15, -0.1) is 5.10 Å². The molecule has 1 saturated carbocycles. The van der Waals surface area contributed by atoms with Crippen molar-refractivity contribution in [1.82, 2.24) is 30.2 Å². The molecular formula is C34H46FN7O4. The maximum Gasteiger partial charge on any atom is 0.410 e. The van der Waals surface area contributed by atoms with E-state index in [9.17, 15) is 14.0 Å². The van der Waals surface area contributed by atoms with E-state index in [2.05, 4.69) is 25.5 Å². The molecule has 3 fully saturated rings. The van der Waals surface area contributed by atoms with Gasteiger partial charge in [-0.05, 0) is 103 Å². The van der Waals surface area contributed by atoms with Gasteiger partial charge in [0.05, 0.1) is 29.5 Å². The van der Waals surface area contributed by atoms with E-state index < -0.39 is 17.5 Å². The zero-order valence-electron chi connectivity index (χ0n) is 27.4. The molecule has 6 rings (SSSR count). The molecule has 4 heterocycles. The van der Waals surface area contributed by atoms with Crippen molar-refractivity contribution in [3.05, 3.63) is 47.5 Å². The number of amides is 2. The lowest BCUT2D eigenvalue weighted by Gasteiger charge is -2.42. The molecule has 3 aliphatic rings. The summed E-state index contributed by atoms with van der Waals surface area (Å²) in [6.45, 7) is 10.4. The van der Waals surface area contributed by atoms with E-state index in [-0.39, 0.29) is 29.8 Å². The number of benzene rings is 1. The SMILES string of the molecule is CC(NC(=O)c1ccc(F)c2c1cnn2C1CCCCO1)c1ccc(N2CCC[C@@H](N(CC3CCC3)C(=O)OC(C)(C)C)C2)nn1. The smallest absolute Gasteiger partial charge is 0.410 e. The molecule has 2 aromatic heterocycles. The van der Waals surface area contributed by atoms with Gasteiger partial charge >= 0.3 is 6.09 Å². The summed E-state index contributed by atoms with van der Waals surface area (Å²) in [5.41, 5.74) is 0.668. The number of fused-ring (bicyclic) bond motifs is 1. The van der Waals surface area contributed by atoms with E-state index in [1.54, 1.807) is 4.68 Å². The highest BCUT2D eigenvalue weighted by atomic mass is 19.1. The van der Waals surface area contributed by atoms with Gasteiger partial charge in [-0.25, -0.2) is 13.9 Å². The van der Waals surface area contributed by atoms with Gasteiger partial charge < -0.3 is 24.6 Å². The van der Waals surface area contributed by atoms with Gasteiger partial charge in [-0.1, -0.05) is 6.42 Å². The summed E-state index contributed by atoms with van der Waals surface area (Å²) < 4.78 is 28.1. The van der Waals surface area contributed by atoms with Gasteiger partial charge in [0.15, 0.2) is 12.0 Å². The van der Waals surface area contributed by atoms with Gasteiger partial charge in [-0.3, -0.25) is 4.79 Å². The third-order valence-electron chi connectivity index (χ3n) is 9.31. The Labute approximate surface area is 269 Å². The van der Waals surface area contributed by atoms with E-state index in [1.807, 2.05) is 44.7 Å². The molecule has 12 heteroatoms. The van der Waals surface area contributed by atoms with E-state index in [4.69, 9.17) is 9.47 Å². The van der Waals surface area contributed by atoms with Crippen LogP contribution < -0.4 is 10.2 Å². The van der Waals surface area contributed by atoms with Gasteiger partial charge in [0.25, 0.3) is 5.91 Å². The lowest BCUT2D eigenvalue weighted by Crippen LogP contribution is -2.53. The summed E-state index contributed by atoms with van der Waals surface area (Å²) in [6, 6.07) is 6.17. The van der Waals surface area contributed by atoms with Crippen molar-refractivity contribution in [1.29, 1.82) is 0 Å². The summed E-state index contributed by atoms with van der Waals surface area (Å²) >= 11 is 0. The standard InChI is InChI=1S/C34H46FN7O4/c1-22(37-32(43)25-13-14-27(35)31-26(25)19-36-42(31)30-12-5-6-18-45-30)28-15-16-29(39-38-28)40-17-8-11-24(21-40)41(20-23-9-7-10-23)33(44)46-34(2,3)4/h13-16,19,22-24,30H,5-12,17-18,20-21H2,1-4H3,(H,37,43)/t22?,24-,30?/m1/s1. The van der Waals surface area contributed by atoms with Crippen LogP contribution in [0.15, 0.2) is 30.5 Å². The van der Waals surface area contributed by atoms with Crippen LogP contribution in [0.2, 0.25) is 0 Å². The highest BCUT2D eigenvalue weighted by molar-refractivity contribution is 6.06. The predicted molar refractivity (Wildman–Crippen MR) is 172 cm³/mol. The molecule has 248 valence electrons. The molecule has 11 nitrogen and oxygen atoms in total. The van der Waals surface area contributed by atoms with Crippen molar-refractivity contribution < 1.29 is 23.5 Å². The molecule has 0 radical (unpaired) electrons. The Hall–Kier alpha value is -3.80. The first-order chi connectivity index (χ1) is 22.1. The molecule has 46 heavy (non-hydrogen) atoms. The number of hydrogen-bond acceptors (Lipinski definition) is 8. The fourth-order valence-corrected chi connectivity index (χ4v) is 6.60. The second kappa shape index (κ2) is 13.5. The van der Waals surface area contributed by atoms with Crippen molar-refractivity contribution in [2.24, 2.45) is 5.92 Å². The Morgan fingerprint density at radius 3 is 2.59 bits per heavy atom. The Bertz CT molecular complexity index is 1530. The molecule has 3 aromatic rings. The van der Waals surface area contributed by atoms with Crippen LogP contribution in [-0.2, 0) is 9.47 Å². The molecule has 1 aliphatic carbocycles. The lowest BCUT2D eigenvalue weighted by molar-refractivity contribution is -0.0369. The van der Waals surface area contributed by atoms with Crippen molar-refractivity contribution >= 4 is 28.7 Å². The van der Waals surface area contributed by atoms with E-state index in [0.717, 1.165) is 63.9 Å². The van der Waals surface area contributed by atoms with Crippen LogP contribution in [0.3, 0.4) is 0 Å². The van der Waals surface area contributed by atoms with E-state index in [1.165, 1.54) is 24.8 Å². The first-order valence-electron chi connectivity index (χ1n) is 16.7. The van der Waals surface area contributed by atoms with Crippen LogP contribution in [0, 0.1) is 11.7 Å². The topological polar surface area (TPSA) is 115 Å². The predicted octanol–water partition coefficient (Wildman–Crippen LogP) is 6.16. The number of rotatable bonds is 8. The molecule has 2 saturated heterocycles. The highest BCUT2D eigenvalue weighted by Gasteiger charge is 2.35. The Kier molecular flexibility index (Phi) is 9.44. The van der Waals surface area contributed by atoms with Crippen LogP contribution >= 0.6 is 0 Å². The molecule has 0 spiro atoms. The average Bonchev–Trinajstić information content (AvgIpc) is 3.46. The lowest BCUT2D eigenvalue weighted by atomic mass is 9.84. The highest BCUT2D eigenvalue weighted by Crippen LogP contribution is 2.32. The zero-order chi connectivity index (χ0) is 32.4. The van der Waals surface area contributed by atoms with Gasteiger partial charge in [0.1, 0.15) is 16.9 Å².